The molecule has 2 unspecified atom stereocenters. The van der Waals surface area contributed by atoms with Crippen LogP contribution in [0, 0.1) is 5.92 Å². The van der Waals surface area contributed by atoms with E-state index in [1.54, 1.807) is 0 Å². The third kappa shape index (κ3) is 6.96. The lowest BCUT2D eigenvalue weighted by Crippen LogP contribution is -2.45. The molecule has 0 saturated carbocycles. The molecule has 1 aromatic heterocycles. The van der Waals surface area contributed by atoms with Crippen LogP contribution in [0.15, 0.2) is 47.4 Å². The lowest BCUT2D eigenvalue weighted by atomic mass is 9.96. The van der Waals surface area contributed by atoms with Crippen molar-refractivity contribution in [1.29, 1.82) is 0 Å². The summed E-state index contributed by atoms with van der Waals surface area (Å²) in [4.78, 5) is 32.5. The molecule has 34 heavy (non-hydrogen) atoms. The first-order chi connectivity index (χ1) is 16.6. The van der Waals surface area contributed by atoms with Crippen molar-refractivity contribution >= 4 is 29.5 Å². The number of nitrogens with zero attached hydrogens (tertiary/aromatic N) is 2. The molecule has 1 saturated heterocycles. The summed E-state index contributed by atoms with van der Waals surface area (Å²) in [5.74, 6) is 0.0111. The summed E-state index contributed by atoms with van der Waals surface area (Å²) >= 11 is 1.27. The summed E-state index contributed by atoms with van der Waals surface area (Å²) in [5.41, 5.74) is 2.43. The van der Waals surface area contributed by atoms with Gasteiger partial charge in [-0.05, 0) is 75.4 Å². The fourth-order valence-corrected chi connectivity index (χ4v) is 5.56. The van der Waals surface area contributed by atoms with Crippen molar-refractivity contribution in [1.82, 2.24) is 15.2 Å². The number of benzene rings is 1. The van der Waals surface area contributed by atoms with Gasteiger partial charge in [0.15, 0.2) is 0 Å². The van der Waals surface area contributed by atoms with Crippen LogP contribution in [-0.2, 0) is 22.4 Å². The van der Waals surface area contributed by atoms with Crippen LogP contribution in [0.5, 0.6) is 0 Å². The lowest BCUT2D eigenvalue weighted by Gasteiger charge is -2.32. The Morgan fingerprint density at radius 1 is 1.21 bits per heavy atom. The number of carbonyl (C=O) groups excluding carboxylic acids is 1. The minimum atomic E-state index is -0.912. The van der Waals surface area contributed by atoms with Crippen LogP contribution in [0.25, 0.3) is 0 Å². The molecule has 0 aliphatic carbocycles. The van der Waals surface area contributed by atoms with Gasteiger partial charge in [-0.15, -0.1) is 11.8 Å². The van der Waals surface area contributed by atoms with Crippen LogP contribution in [-0.4, -0.2) is 64.8 Å². The van der Waals surface area contributed by atoms with E-state index in [4.69, 9.17) is 4.98 Å². The molecule has 2 atom stereocenters. The van der Waals surface area contributed by atoms with Gasteiger partial charge < -0.3 is 20.6 Å². The van der Waals surface area contributed by atoms with Crippen molar-refractivity contribution in [2.45, 2.75) is 48.7 Å². The highest BCUT2D eigenvalue weighted by Crippen LogP contribution is 2.24. The topological polar surface area (TPSA) is 94.6 Å². The van der Waals surface area contributed by atoms with Gasteiger partial charge in [0.25, 0.3) is 0 Å². The fourth-order valence-electron chi connectivity index (χ4n) is 4.64. The zero-order valence-electron chi connectivity index (χ0n) is 19.5. The maximum Gasteiger partial charge on any atom is 0.318 e. The first-order valence-electron chi connectivity index (χ1n) is 12.3. The van der Waals surface area contributed by atoms with Crippen LogP contribution in [0.4, 0.5) is 5.82 Å². The largest absolute Gasteiger partial charge is 0.480 e. The van der Waals surface area contributed by atoms with Gasteiger partial charge in [0.1, 0.15) is 11.1 Å². The zero-order chi connectivity index (χ0) is 23.8. The molecular formula is C26H34N4O3S. The van der Waals surface area contributed by atoms with Gasteiger partial charge in [0.05, 0.1) is 5.92 Å². The number of carboxylic acids is 1. The molecule has 1 aromatic carbocycles. The second-order valence-corrected chi connectivity index (χ2v) is 10.4. The van der Waals surface area contributed by atoms with Gasteiger partial charge in [-0.2, -0.15) is 0 Å². The van der Waals surface area contributed by atoms with Crippen molar-refractivity contribution in [2.75, 3.05) is 38.0 Å². The number of carbonyl (C=O) groups is 2. The molecule has 2 aliphatic rings. The average molecular weight is 483 g/mol. The molecule has 3 N–H and O–H groups in total. The standard InChI is InChI=1S/C26H34N4O3S/c31-25(28-17-23(26(32)33)34-22-10-2-1-3-11-22)20-8-5-15-30(18-20)16-6-9-21-13-12-19-7-4-14-27-24(19)29-21/h1-3,10-13,20,23H,4-9,14-18H2,(H,27,29)(H,28,31)(H,32,33). The number of aliphatic carboxylic acids is 1. The second-order valence-electron chi connectivity index (χ2n) is 9.09. The third-order valence-electron chi connectivity index (χ3n) is 6.49. The molecule has 0 radical (unpaired) electrons. The first-order valence-corrected chi connectivity index (χ1v) is 13.1. The molecule has 1 amide bonds. The number of piperidine rings is 1. The van der Waals surface area contributed by atoms with Gasteiger partial charge in [-0.1, -0.05) is 24.3 Å². The smallest absolute Gasteiger partial charge is 0.318 e. The Morgan fingerprint density at radius 3 is 2.88 bits per heavy atom. The number of pyridine rings is 1. The van der Waals surface area contributed by atoms with Gasteiger partial charge in [-0.3, -0.25) is 9.59 Å². The highest BCUT2D eigenvalue weighted by atomic mass is 32.2. The number of anilines is 1. The summed E-state index contributed by atoms with van der Waals surface area (Å²) in [6, 6.07) is 13.8. The molecule has 2 aromatic rings. The number of aromatic nitrogens is 1. The summed E-state index contributed by atoms with van der Waals surface area (Å²) in [5, 5.41) is 15.2. The number of likely N-dealkylation sites (tertiary alicyclic amines) is 1. The van der Waals surface area contributed by atoms with Crippen molar-refractivity contribution in [3.05, 3.63) is 53.7 Å². The molecule has 3 heterocycles. The van der Waals surface area contributed by atoms with E-state index in [0.717, 1.165) is 74.7 Å². The van der Waals surface area contributed by atoms with E-state index in [1.165, 1.54) is 23.7 Å². The summed E-state index contributed by atoms with van der Waals surface area (Å²) in [6.07, 6.45) is 6.05. The van der Waals surface area contributed by atoms with E-state index in [9.17, 15) is 14.7 Å². The van der Waals surface area contributed by atoms with Crippen molar-refractivity contribution in [3.8, 4) is 0 Å². The highest BCUT2D eigenvalue weighted by molar-refractivity contribution is 8.00. The predicted octanol–water partition coefficient (Wildman–Crippen LogP) is 3.45. The highest BCUT2D eigenvalue weighted by Gasteiger charge is 2.27. The number of thioether (sulfide) groups is 1. The number of carboxylic acid groups (broad SMARTS) is 1. The minimum absolute atomic E-state index is 0.0351. The van der Waals surface area contributed by atoms with Gasteiger partial charge in [0, 0.05) is 30.2 Å². The minimum Gasteiger partial charge on any atom is -0.480 e. The van der Waals surface area contributed by atoms with Gasteiger partial charge in [0.2, 0.25) is 5.91 Å². The Hall–Kier alpha value is -2.58. The van der Waals surface area contributed by atoms with Crippen molar-refractivity contribution in [2.24, 2.45) is 5.92 Å². The number of rotatable bonds is 10. The molecule has 182 valence electrons. The Kier molecular flexibility index (Phi) is 8.82. The Morgan fingerprint density at radius 2 is 2.06 bits per heavy atom. The Bertz CT molecular complexity index is 972. The predicted molar refractivity (Wildman–Crippen MR) is 135 cm³/mol. The van der Waals surface area contributed by atoms with E-state index in [2.05, 4.69) is 27.7 Å². The molecular weight excluding hydrogens is 448 g/mol. The number of aryl methyl sites for hydroxylation is 2. The van der Waals surface area contributed by atoms with E-state index >= 15 is 0 Å². The zero-order valence-corrected chi connectivity index (χ0v) is 20.4. The molecule has 0 bridgehead atoms. The number of hydrogen-bond donors (Lipinski definition) is 3. The van der Waals surface area contributed by atoms with Crippen LogP contribution in [0.1, 0.15) is 36.9 Å². The molecule has 4 rings (SSSR count). The van der Waals surface area contributed by atoms with Crippen LogP contribution in [0.3, 0.4) is 0 Å². The van der Waals surface area contributed by atoms with E-state index in [0.29, 0.717) is 0 Å². The maximum atomic E-state index is 12.8. The van der Waals surface area contributed by atoms with Crippen molar-refractivity contribution in [3.63, 3.8) is 0 Å². The Labute approximate surface area is 205 Å². The number of nitrogens with one attached hydrogen (secondary N) is 2. The maximum absolute atomic E-state index is 12.8. The molecule has 7 nitrogen and oxygen atoms in total. The molecule has 2 aliphatic heterocycles. The van der Waals surface area contributed by atoms with Gasteiger partial charge in [-0.25, -0.2) is 4.98 Å². The lowest BCUT2D eigenvalue weighted by molar-refractivity contribution is -0.136. The summed E-state index contributed by atoms with van der Waals surface area (Å²) in [7, 11) is 0. The quantitative estimate of drug-likeness (QED) is 0.447. The average Bonchev–Trinajstić information content (AvgIpc) is 2.87. The van der Waals surface area contributed by atoms with E-state index in [-0.39, 0.29) is 18.4 Å². The number of hydrogen-bond acceptors (Lipinski definition) is 6. The van der Waals surface area contributed by atoms with E-state index < -0.39 is 11.2 Å². The third-order valence-corrected chi connectivity index (χ3v) is 7.69. The number of fused-ring (bicyclic) bond motifs is 1. The van der Waals surface area contributed by atoms with Crippen LogP contribution >= 0.6 is 11.8 Å². The summed E-state index contributed by atoms with van der Waals surface area (Å²) < 4.78 is 0. The number of amides is 1. The molecule has 8 heteroatoms. The van der Waals surface area contributed by atoms with Gasteiger partial charge >= 0.3 is 5.97 Å². The monoisotopic (exact) mass is 482 g/mol. The van der Waals surface area contributed by atoms with Crippen LogP contribution in [0.2, 0.25) is 0 Å². The summed E-state index contributed by atoms with van der Waals surface area (Å²) in [6.45, 7) is 3.80. The van der Waals surface area contributed by atoms with E-state index in [1.807, 2.05) is 30.3 Å². The first kappa shape index (κ1) is 24.5. The second kappa shape index (κ2) is 12.2. The SMILES string of the molecule is O=C(NCC(Sc1ccccc1)C(=O)O)C1CCCN(CCCc2ccc3c(n2)NCCC3)C1. The fraction of sp³-hybridized carbons (Fsp3) is 0.500. The molecule has 0 spiro atoms. The van der Waals surface area contributed by atoms with Crippen molar-refractivity contribution < 1.29 is 14.7 Å². The Balaban J connectivity index is 1.21. The molecule has 1 fully saturated rings. The normalized spacial score (nSPS) is 19.0. The van der Waals surface area contributed by atoms with Crippen LogP contribution < -0.4 is 10.6 Å².